The molecule has 0 aliphatic rings. The van der Waals surface area contributed by atoms with Gasteiger partial charge in [-0.3, -0.25) is 4.79 Å². The lowest BCUT2D eigenvalue weighted by Crippen LogP contribution is -2.12. The van der Waals surface area contributed by atoms with Gasteiger partial charge in [-0.15, -0.1) is 10.2 Å². The molecule has 1 heterocycles. The summed E-state index contributed by atoms with van der Waals surface area (Å²) in [5.41, 5.74) is 3.73. The van der Waals surface area contributed by atoms with E-state index in [4.69, 9.17) is 0 Å². The molecule has 0 unspecified atom stereocenters. The predicted molar refractivity (Wildman–Crippen MR) is 93.8 cm³/mol. The number of hydrogen-bond donors (Lipinski definition) is 1. The third kappa shape index (κ3) is 5.10. The smallest absolute Gasteiger partial charge is 0.226 e. The van der Waals surface area contributed by atoms with E-state index in [2.05, 4.69) is 54.5 Å². The number of carbonyl (C=O) groups is 1. The average molecular weight is 335 g/mol. The summed E-state index contributed by atoms with van der Waals surface area (Å²) in [7, 11) is 0. The molecule has 0 bridgehead atoms. The number of carbonyl (C=O) groups excluding carboxylic acids is 1. The Labute approximate surface area is 139 Å². The number of hydrogen-bond acceptors (Lipinski definition) is 5. The Morgan fingerprint density at radius 3 is 2.82 bits per heavy atom. The Morgan fingerprint density at radius 1 is 1.27 bits per heavy atom. The summed E-state index contributed by atoms with van der Waals surface area (Å²) in [5, 5.41) is 11.5. The van der Waals surface area contributed by atoms with Crippen LogP contribution < -0.4 is 5.32 Å². The second-order valence-corrected chi connectivity index (χ2v) is 7.51. The van der Waals surface area contributed by atoms with Gasteiger partial charge >= 0.3 is 0 Å². The molecule has 22 heavy (non-hydrogen) atoms. The molecule has 6 heteroatoms. The van der Waals surface area contributed by atoms with Crippen molar-refractivity contribution in [2.24, 2.45) is 0 Å². The summed E-state index contributed by atoms with van der Waals surface area (Å²) in [4.78, 5) is 12.0. The third-order valence-electron chi connectivity index (χ3n) is 3.29. The second kappa shape index (κ2) is 8.29. The molecule has 0 fully saturated rings. The Bertz CT molecular complexity index is 640. The molecule has 1 amide bonds. The zero-order valence-corrected chi connectivity index (χ0v) is 14.8. The first kappa shape index (κ1) is 17.0. The maximum absolute atomic E-state index is 12.0. The van der Waals surface area contributed by atoms with Crippen molar-refractivity contribution in [3.8, 4) is 0 Å². The SMILES string of the molecule is CCCSc1nnc(NC(=O)CCc2ccc(C)c(C)c2)s1. The fraction of sp³-hybridized carbons (Fsp3) is 0.438. The van der Waals surface area contributed by atoms with Crippen LogP contribution in [0.4, 0.5) is 5.13 Å². The fourth-order valence-electron chi connectivity index (χ4n) is 1.91. The van der Waals surface area contributed by atoms with E-state index >= 15 is 0 Å². The first-order valence-corrected chi connectivity index (χ1v) is 9.21. The number of aryl methyl sites for hydroxylation is 3. The molecule has 2 aromatic rings. The highest BCUT2D eigenvalue weighted by Gasteiger charge is 2.09. The van der Waals surface area contributed by atoms with Crippen LogP contribution in [0.5, 0.6) is 0 Å². The zero-order valence-electron chi connectivity index (χ0n) is 13.2. The van der Waals surface area contributed by atoms with E-state index in [1.807, 2.05) is 0 Å². The number of thioether (sulfide) groups is 1. The normalized spacial score (nSPS) is 10.7. The average Bonchev–Trinajstić information content (AvgIpc) is 2.94. The molecule has 0 aliphatic heterocycles. The Morgan fingerprint density at radius 2 is 2.09 bits per heavy atom. The number of benzene rings is 1. The van der Waals surface area contributed by atoms with Crippen LogP contribution in [0.25, 0.3) is 0 Å². The minimum atomic E-state index is -0.0126. The van der Waals surface area contributed by atoms with E-state index in [1.165, 1.54) is 28.0 Å². The summed E-state index contributed by atoms with van der Waals surface area (Å²) >= 11 is 3.11. The summed E-state index contributed by atoms with van der Waals surface area (Å²) in [6, 6.07) is 6.33. The van der Waals surface area contributed by atoms with Crippen molar-refractivity contribution in [1.29, 1.82) is 0 Å². The fourth-order valence-corrected chi connectivity index (χ4v) is 3.60. The molecule has 0 saturated carbocycles. The van der Waals surface area contributed by atoms with Gasteiger partial charge in [0.15, 0.2) is 4.34 Å². The summed E-state index contributed by atoms with van der Waals surface area (Å²) in [5.74, 6) is 1.01. The van der Waals surface area contributed by atoms with Gasteiger partial charge in [0.1, 0.15) is 0 Å². The van der Waals surface area contributed by atoms with Gasteiger partial charge in [-0.2, -0.15) is 0 Å². The van der Waals surface area contributed by atoms with E-state index in [0.717, 1.165) is 22.9 Å². The Hall–Kier alpha value is -1.40. The van der Waals surface area contributed by atoms with E-state index in [0.29, 0.717) is 11.6 Å². The highest BCUT2D eigenvalue weighted by atomic mass is 32.2. The van der Waals surface area contributed by atoms with Crippen LogP contribution in [0.15, 0.2) is 22.5 Å². The van der Waals surface area contributed by atoms with Crippen molar-refractivity contribution in [1.82, 2.24) is 10.2 Å². The van der Waals surface area contributed by atoms with Gasteiger partial charge in [-0.05, 0) is 43.4 Å². The highest BCUT2D eigenvalue weighted by Crippen LogP contribution is 2.25. The van der Waals surface area contributed by atoms with Crippen LogP contribution >= 0.6 is 23.1 Å². The van der Waals surface area contributed by atoms with Gasteiger partial charge in [-0.1, -0.05) is 48.2 Å². The topological polar surface area (TPSA) is 54.9 Å². The van der Waals surface area contributed by atoms with Crippen molar-refractivity contribution in [3.05, 3.63) is 34.9 Å². The van der Waals surface area contributed by atoms with Crippen LogP contribution in [0, 0.1) is 13.8 Å². The molecule has 0 saturated heterocycles. The zero-order chi connectivity index (χ0) is 15.9. The van der Waals surface area contributed by atoms with E-state index in [-0.39, 0.29) is 5.91 Å². The molecule has 1 aromatic heterocycles. The lowest BCUT2D eigenvalue weighted by atomic mass is 10.0. The Balaban J connectivity index is 1.82. The number of rotatable bonds is 7. The van der Waals surface area contributed by atoms with Gasteiger partial charge in [0.05, 0.1) is 0 Å². The van der Waals surface area contributed by atoms with Gasteiger partial charge in [-0.25, -0.2) is 0 Å². The van der Waals surface area contributed by atoms with Crippen LogP contribution in [0.3, 0.4) is 0 Å². The minimum Gasteiger partial charge on any atom is -0.300 e. The quantitative estimate of drug-likeness (QED) is 0.608. The van der Waals surface area contributed by atoms with Crippen LogP contribution in [-0.2, 0) is 11.2 Å². The maximum Gasteiger partial charge on any atom is 0.226 e. The number of amides is 1. The maximum atomic E-state index is 12.0. The summed E-state index contributed by atoms with van der Waals surface area (Å²) < 4.78 is 0.909. The molecule has 0 atom stereocenters. The van der Waals surface area contributed by atoms with E-state index in [9.17, 15) is 4.79 Å². The number of nitrogens with zero attached hydrogens (tertiary/aromatic N) is 2. The standard InChI is InChI=1S/C16H21N3OS2/c1-4-9-21-16-19-18-15(22-16)17-14(20)8-7-13-6-5-11(2)12(3)10-13/h5-6,10H,4,7-9H2,1-3H3,(H,17,18,20). The van der Waals surface area contributed by atoms with Crippen LogP contribution in [-0.4, -0.2) is 21.9 Å². The van der Waals surface area contributed by atoms with Crippen LogP contribution in [0.1, 0.15) is 36.5 Å². The first-order valence-electron chi connectivity index (χ1n) is 7.40. The largest absolute Gasteiger partial charge is 0.300 e. The molecule has 0 aliphatic carbocycles. The van der Waals surface area contributed by atoms with Crippen molar-refractivity contribution >= 4 is 34.1 Å². The van der Waals surface area contributed by atoms with Gasteiger partial charge < -0.3 is 5.32 Å². The van der Waals surface area contributed by atoms with E-state index in [1.54, 1.807) is 11.8 Å². The molecule has 2 rings (SSSR count). The molecule has 4 nitrogen and oxygen atoms in total. The number of anilines is 1. The summed E-state index contributed by atoms with van der Waals surface area (Å²) in [6.45, 7) is 6.31. The predicted octanol–water partition coefficient (Wildman–Crippen LogP) is 4.23. The lowest BCUT2D eigenvalue weighted by Gasteiger charge is -2.05. The molecular weight excluding hydrogens is 314 g/mol. The van der Waals surface area contributed by atoms with Crippen molar-refractivity contribution < 1.29 is 4.79 Å². The Kier molecular flexibility index (Phi) is 6.39. The highest BCUT2D eigenvalue weighted by molar-refractivity contribution is 8.01. The third-order valence-corrected chi connectivity index (χ3v) is 5.47. The monoisotopic (exact) mass is 335 g/mol. The molecular formula is C16H21N3OS2. The second-order valence-electron chi connectivity index (χ2n) is 5.19. The van der Waals surface area contributed by atoms with Gasteiger partial charge in [0, 0.05) is 12.2 Å². The van der Waals surface area contributed by atoms with Crippen molar-refractivity contribution in [2.75, 3.05) is 11.1 Å². The summed E-state index contributed by atoms with van der Waals surface area (Å²) in [6.07, 6.45) is 2.30. The molecule has 1 aromatic carbocycles. The number of aromatic nitrogens is 2. The molecule has 118 valence electrons. The lowest BCUT2D eigenvalue weighted by molar-refractivity contribution is -0.116. The van der Waals surface area contributed by atoms with Crippen molar-refractivity contribution in [3.63, 3.8) is 0 Å². The van der Waals surface area contributed by atoms with E-state index < -0.39 is 0 Å². The first-order chi connectivity index (χ1) is 10.6. The van der Waals surface area contributed by atoms with Crippen LogP contribution in [0.2, 0.25) is 0 Å². The molecule has 0 radical (unpaired) electrons. The molecule has 1 N–H and O–H groups in total. The minimum absolute atomic E-state index is 0.0126. The molecule has 0 spiro atoms. The van der Waals surface area contributed by atoms with Crippen molar-refractivity contribution in [2.45, 2.75) is 44.4 Å². The number of nitrogens with one attached hydrogen (secondary N) is 1. The van der Waals surface area contributed by atoms with Gasteiger partial charge in [0.25, 0.3) is 0 Å². The van der Waals surface area contributed by atoms with Gasteiger partial charge in [0.2, 0.25) is 11.0 Å².